The van der Waals surface area contributed by atoms with Crippen molar-refractivity contribution < 1.29 is 9.90 Å². The Balaban J connectivity index is 2.40. The second-order valence-corrected chi connectivity index (χ2v) is 3.74. The average molecular weight is 196 g/mol. The molecule has 2 rings (SSSR count). The summed E-state index contributed by atoms with van der Waals surface area (Å²) in [5, 5.41) is 12.7. The Bertz CT molecular complexity index is 354. The lowest BCUT2D eigenvalue weighted by atomic mass is 10.2. The Morgan fingerprint density at radius 2 is 2.54 bits per heavy atom. The Kier molecular flexibility index (Phi) is 2.10. The monoisotopic (exact) mass is 196 g/mol. The molecule has 5 heteroatoms. The van der Waals surface area contributed by atoms with E-state index in [1.54, 1.807) is 17.8 Å². The molecule has 0 saturated carbocycles. The van der Waals surface area contributed by atoms with Gasteiger partial charge >= 0.3 is 5.97 Å². The highest BCUT2D eigenvalue weighted by Crippen LogP contribution is 2.28. The van der Waals surface area contributed by atoms with Crippen LogP contribution in [0.5, 0.6) is 0 Å². The minimum atomic E-state index is -0.937. The molecule has 2 N–H and O–H groups in total. The number of nitrogens with one attached hydrogen (secondary N) is 1. The minimum absolute atomic E-state index is 0.230. The summed E-state index contributed by atoms with van der Waals surface area (Å²) in [6.07, 6.45) is 1.39. The lowest BCUT2D eigenvalue weighted by Gasteiger charge is -2.15. The molecule has 0 fully saturated rings. The first kappa shape index (κ1) is 8.37. The van der Waals surface area contributed by atoms with Gasteiger partial charge in [-0.05, 0) is 6.07 Å². The van der Waals surface area contributed by atoms with Gasteiger partial charge < -0.3 is 10.4 Å². The largest absolute Gasteiger partial charge is 0.478 e. The molecule has 0 aromatic carbocycles. The fraction of sp³-hybridized carbons (Fsp3) is 0.250. The first-order valence-corrected chi connectivity index (χ1v) is 4.86. The van der Waals surface area contributed by atoms with Crippen molar-refractivity contribution in [3.8, 4) is 0 Å². The van der Waals surface area contributed by atoms with Crippen LogP contribution in [-0.4, -0.2) is 28.4 Å². The van der Waals surface area contributed by atoms with Crippen molar-refractivity contribution in [3.63, 3.8) is 0 Å². The van der Waals surface area contributed by atoms with Crippen molar-refractivity contribution in [1.29, 1.82) is 0 Å². The van der Waals surface area contributed by atoms with Crippen LogP contribution in [0, 0.1) is 0 Å². The van der Waals surface area contributed by atoms with Gasteiger partial charge in [-0.2, -0.15) is 0 Å². The topological polar surface area (TPSA) is 62.2 Å². The number of rotatable bonds is 1. The summed E-state index contributed by atoms with van der Waals surface area (Å²) >= 11 is 1.64. The number of carboxylic acid groups (broad SMARTS) is 1. The van der Waals surface area contributed by atoms with E-state index in [9.17, 15) is 4.79 Å². The third-order valence-corrected chi connectivity index (χ3v) is 2.76. The molecule has 68 valence electrons. The highest BCUT2D eigenvalue weighted by Gasteiger charge is 2.12. The summed E-state index contributed by atoms with van der Waals surface area (Å²) < 4.78 is 0. The molecule has 1 aliphatic heterocycles. The summed E-state index contributed by atoms with van der Waals surface area (Å²) in [4.78, 5) is 14.7. The van der Waals surface area contributed by atoms with Crippen molar-refractivity contribution in [3.05, 3.63) is 17.8 Å². The molecule has 1 aromatic rings. The number of pyridine rings is 1. The molecule has 0 bridgehead atoms. The standard InChI is InChI=1S/C8H8N2O2S/c11-8(12)5-3-6-7(10-4-5)13-2-1-9-6/h3-4,9H,1-2H2,(H,11,12). The van der Waals surface area contributed by atoms with E-state index < -0.39 is 5.97 Å². The van der Waals surface area contributed by atoms with Crippen LogP contribution in [0.15, 0.2) is 17.3 Å². The third-order valence-electron chi connectivity index (χ3n) is 1.75. The van der Waals surface area contributed by atoms with Gasteiger partial charge in [0.15, 0.2) is 0 Å². The first-order chi connectivity index (χ1) is 6.27. The van der Waals surface area contributed by atoms with Crippen molar-refractivity contribution in [2.45, 2.75) is 5.03 Å². The van der Waals surface area contributed by atoms with E-state index in [4.69, 9.17) is 5.11 Å². The smallest absolute Gasteiger partial charge is 0.337 e. The zero-order chi connectivity index (χ0) is 9.26. The minimum Gasteiger partial charge on any atom is -0.478 e. The number of fused-ring (bicyclic) bond motifs is 1. The van der Waals surface area contributed by atoms with Gasteiger partial charge in [0.1, 0.15) is 5.03 Å². The lowest BCUT2D eigenvalue weighted by molar-refractivity contribution is 0.0696. The number of nitrogens with zero attached hydrogens (tertiary/aromatic N) is 1. The van der Waals surface area contributed by atoms with Crippen molar-refractivity contribution in [2.24, 2.45) is 0 Å². The molecule has 1 aliphatic rings. The molecule has 2 heterocycles. The van der Waals surface area contributed by atoms with E-state index >= 15 is 0 Å². The van der Waals surface area contributed by atoms with Crippen LogP contribution < -0.4 is 5.32 Å². The summed E-state index contributed by atoms with van der Waals surface area (Å²) in [7, 11) is 0. The maximum atomic E-state index is 10.6. The van der Waals surface area contributed by atoms with Gasteiger partial charge in [0, 0.05) is 18.5 Å². The van der Waals surface area contributed by atoms with Crippen molar-refractivity contribution in [1.82, 2.24) is 4.98 Å². The maximum Gasteiger partial charge on any atom is 0.337 e. The van der Waals surface area contributed by atoms with Gasteiger partial charge in [-0.1, -0.05) is 0 Å². The predicted octanol–water partition coefficient (Wildman–Crippen LogP) is 1.30. The van der Waals surface area contributed by atoms with E-state index in [0.29, 0.717) is 0 Å². The molecule has 0 spiro atoms. The SMILES string of the molecule is O=C(O)c1cnc2c(c1)NCCS2. The average Bonchev–Trinajstić information content (AvgIpc) is 2.17. The van der Waals surface area contributed by atoms with Gasteiger partial charge in [-0.3, -0.25) is 0 Å². The van der Waals surface area contributed by atoms with Gasteiger partial charge in [0.05, 0.1) is 11.3 Å². The lowest BCUT2D eigenvalue weighted by Crippen LogP contribution is -2.12. The fourth-order valence-corrected chi connectivity index (χ4v) is 1.96. The molecular weight excluding hydrogens is 188 g/mol. The molecule has 0 atom stereocenters. The van der Waals surface area contributed by atoms with Crippen molar-refractivity contribution in [2.75, 3.05) is 17.6 Å². The Morgan fingerprint density at radius 3 is 3.31 bits per heavy atom. The van der Waals surface area contributed by atoms with Crippen molar-refractivity contribution >= 4 is 23.4 Å². The predicted molar refractivity (Wildman–Crippen MR) is 50.4 cm³/mol. The second kappa shape index (κ2) is 3.26. The number of aromatic nitrogens is 1. The number of hydrogen-bond acceptors (Lipinski definition) is 4. The summed E-state index contributed by atoms with van der Waals surface area (Å²) in [5.74, 6) is 0.0413. The quantitative estimate of drug-likeness (QED) is 0.708. The summed E-state index contributed by atoms with van der Waals surface area (Å²) in [6, 6.07) is 1.62. The molecule has 0 saturated heterocycles. The van der Waals surface area contributed by atoms with Gasteiger partial charge in [-0.15, -0.1) is 11.8 Å². The van der Waals surface area contributed by atoms with E-state index in [0.717, 1.165) is 23.0 Å². The van der Waals surface area contributed by atoms with Crippen LogP contribution in [0.2, 0.25) is 0 Å². The zero-order valence-electron chi connectivity index (χ0n) is 6.78. The highest BCUT2D eigenvalue weighted by molar-refractivity contribution is 7.99. The van der Waals surface area contributed by atoms with E-state index in [1.165, 1.54) is 6.20 Å². The maximum absolute atomic E-state index is 10.6. The number of anilines is 1. The van der Waals surface area contributed by atoms with Crippen LogP contribution in [0.25, 0.3) is 0 Å². The van der Waals surface area contributed by atoms with Crippen LogP contribution in [0.1, 0.15) is 10.4 Å². The molecular formula is C8H8N2O2S. The van der Waals surface area contributed by atoms with Gasteiger partial charge in [-0.25, -0.2) is 9.78 Å². The molecule has 0 unspecified atom stereocenters. The van der Waals surface area contributed by atoms with Crippen LogP contribution in [-0.2, 0) is 0 Å². The third kappa shape index (κ3) is 1.60. The van der Waals surface area contributed by atoms with E-state index in [1.807, 2.05) is 0 Å². The van der Waals surface area contributed by atoms with Gasteiger partial charge in [0.25, 0.3) is 0 Å². The summed E-state index contributed by atoms with van der Waals surface area (Å²) in [6.45, 7) is 0.864. The summed E-state index contributed by atoms with van der Waals surface area (Å²) in [5.41, 5.74) is 1.06. The Hall–Kier alpha value is -1.23. The van der Waals surface area contributed by atoms with Crippen LogP contribution in [0.3, 0.4) is 0 Å². The normalized spacial score (nSPS) is 14.5. The first-order valence-electron chi connectivity index (χ1n) is 3.87. The van der Waals surface area contributed by atoms with Crippen LogP contribution >= 0.6 is 11.8 Å². The Morgan fingerprint density at radius 1 is 1.69 bits per heavy atom. The number of carboxylic acids is 1. The fourth-order valence-electron chi connectivity index (χ4n) is 1.14. The van der Waals surface area contributed by atoms with E-state index in [2.05, 4.69) is 10.3 Å². The molecule has 0 aliphatic carbocycles. The molecule has 0 amide bonds. The molecule has 13 heavy (non-hydrogen) atoms. The number of carbonyl (C=O) groups is 1. The highest BCUT2D eigenvalue weighted by atomic mass is 32.2. The van der Waals surface area contributed by atoms with Gasteiger partial charge in [0.2, 0.25) is 0 Å². The molecule has 0 radical (unpaired) electrons. The van der Waals surface area contributed by atoms with E-state index in [-0.39, 0.29) is 5.56 Å². The van der Waals surface area contributed by atoms with Crippen LogP contribution in [0.4, 0.5) is 5.69 Å². The number of aromatic carboxylic acids is 1. The molecule has 4 nitrogen and oxygen atoms in total. The number of hydrogen-bond donors (Lipinski definition) is 2. The zero-order valence-corrected chi connectivity index (χ0v) is 7.60. The Labute approximate surface area is 79.4 Å². The molecule has 1 aromatic heterocycles. The second-order valence-electron chi connectivity index (χ2n) is 2.66. The number of thioether (sulfide) groups is 1.